The summed E-state index contributed by atoms with van der Waals surface area (Å²) in [7, 11) is 0. The molecule has 0 saturated carbocycles. The average molecular weight is 359 g/mol. The second-order valence-corrected chi connectivity index (χ2v) is 8.08. The van der Waals surface area contributed by atoms with E-state index in [4.69, 9.17) is 11.6 Å². The molecule has 0 unspecified atom stereocenters. The van der Waals surface area contributed by atoms with Gasteiger partial charge in [-0.25, -0.2) is 0 Å². The summed E-state index contributed by atoms with van der Waals surface area (Å²) in [6.07, 6.45) is 2.21. The Balaban J connectivity index is 1.78. The number of thiophene rings is 1. The fourth-order valence-electron chi connectivity index (χ4n) is 3.41. The van der Waals surface area contributed by atoms with Crippen LogP contribution < -0.4 is 0 Å². The number of aryl methyl sites for hydroxylation is 1. The normalized spacial score (nSPS) is 14.7. The smallest absolute Gasteiger partial charge is 0.270 e. The van der Waals surface area contributed by atoms with Crippen molar-refractivity contribution in [3.63, 3.8) is 0 Å². The van der Waals surface area contributed by atoms with E-state index in [9.17, 15) is 4.79 Å². The van der Waals surface area contributed by atoms with Crippen LogP contribution in [0.3, 0.4) is 0 Å². The maximum atomic E-state index is 13.0. The van der Waals surface area contributed by atoms with E-state index in [1.54, 1.807) is 11.3 Å². The van der Waals surface area contributed by atoms with Gasteiger partial charge in [0.25, 0.3) is 5.91 Å². The zero-order valence-electron chi connectivity index (χ0n) is 13.6. The molecule has 2 aromatic heterocycles. The molecule has 0 spiro atoms. The Morgan fingerprint density at radius 2 is 2.00 bits per heavy atom. The molecule has 4 rings (SSSR count). The molecule has 124 valence electrons. The van der Waals surface area contributed by atoms with Gasteiger partial charge in [-0.15, -0.1) is 11.3 Å². The van der Waals surface area contributed by atoms with Gasteiger partial charge in [-0.3, -0.25) is 4.79 Å². The average Bonchev–Trinajstić information content (AvgIpc) is 3.25. The summed E-state index contributed by atoms with van der Waals surface area (Å²) in [6.45, 7) is 4.51. The first-order valence-electron chi connectivity index (χ1n) is 8.25. The maximum absolute atomic E-state index is 13.0. The fraction of sp³-hybridized carbons (Fsp3) is 0.316. The number of benzene rings is 1. The third kappa shape index (κ3) is 2.85. The molecular formula is C19H19ClN2OS. The molecule has 3 heterocycles. The molecule has 0 N–H and O–H groups in total. The summed E-state index contributed by atoms with van der Waals surface area (Å²) in [5.41, 5.74) is 3.04. The van der Waals surface area contributed by atoms with Crippen molar-refractivity contribution < 1.29 is 4.79 Å². The first kappa shape index (κ1) is 15.7. The molecule has 3 aromatic rings. The molecule has 1 amide bonds. The predicted molar refractivity (Wildman–Crippen MR) is 100 cm³/mol. The van der Waals surface area contributed by atoms with Crippen LogP contribution >= 0.6 is 22.9 Å². The van der Waals surface area contributed by atoms with Gasteiger partial charge in [0, 0.05) is 29.5 Å². The highest BCUT2D eigenvalue weighted by molar-refractivity contribution is 7.19. The number of likely N-dealkylation sites (tertiary alicyclic amines) is 1. The third-order valence-electron chi connectivity index (χ3n) is 4.55. The number of hydrogen-bond acceptors (Lipinski definition) is 2. The number of aromatic nitrogens is 1. The van der Waals surface area contributed by atoms with Gasteiger partial charge >= 0.3 is 0 Å². The largest absolute Gasteiger partial charge is 0.337 e. The van der Waals surface area contributed by atoms with Gasteiger partial charge in [0.05, 0.1) is 10.2 Å². The molecule has 24 heavy (non-hydrogen) atoms. The molecular weight excluding hydrogens is 340 g/mol. The van der Waals surface area contributed by atoms with Gasteiger partial charge in [0.15, 0.2) is 0 Å². The minimum atomic E-state index is 0.149. The molecule has 0 atom stereocenters. The van der Waals surface area contributed by atoms with E-state index in [0.717, 1.165) is 47.7 Å². The number of amides is 1. The molecule has 1 aliphatic heterocycles. The Bertz CT molecular complexity index is 905. The molecule has 5 heteroatoms. The van der Waals surface area contributed by atoms with Gasteiger partial charge in [0.2, 0.25) is 0 Å². The first-order valence-corrected chi connectivity index (χ1v) is 9.44. The van der Waals surface area contributed by atoms with Crippen LogP contribution in [0.4, 0.5) is 0 Å². The van der Waals surface area contributed by atoms with Crippen molar-refractivity contribution in [2.24, 2.45) is 0 Å². The predicted octanol–water partition coefficient (Wildman–Crippen LogP) is 4.95. The van der Waals surface area contributed by atoms with Crippen molar-refractivity contribution in [2.75, 3.05) is 13.1 Å². The zero-order chi connectivity index (χ0) is 16.7. The van der Waals surface area contributed by atoms with Crippen LogP contribution in [0.5, 0.6) is 0 Å². The summed E-state index contributed by atoms with van der Waals surface area (Å²) >= 11 is 7.87. The number of halogens is 1. The number of carbonyl (C=O) groups excluding carboxylic acids is 1. The van der Waals surface area contributed by atoms with Crippen LogP contribution in [-0.4, -0.2) is 28.5 Å². The molecule has 3 nitrogen and oxygen atoms in total. The SMILES string of the molecule is Cc1cc2c(cc(C(=O)N3CCCC3)n2Cc2cccc(Cl)c2)s1. The quantitative estimate of drug-likeness (QED) is 0.650. The molecule has 1 fully saturated rings. The highest BCUT2D eigenvalue weighted by Crippen LogP contribution is 2.30. The van der Waals surface area contributed by atoms with Gasteiger partial charge in [-0.05, 0) is 49.6 Å². The monoisotopic (exact) mass is 358 g/mol. The van der Waals surface area contributed by atoms with E-state index in [1.165, 1.54) is 9.58 Å². The van der Waals surface area contributed by atoms with Crippen LogP contribution in [0.25, 0.3) is 10.2 Å². The third-order valence-corrected chi connectivity index (χ3v) is 5.78. The zero-order valence-corrected chi connectivity index (χ0v) is 15.2. The van der Waals surface area contributed by atoms with E-state index >= 15 is 0 Å². The molecule has 1 aromatic carbocycles. The van der Waals surface area contributed by atoms with Crippen LogP contribution in [0.2, 0.25) is 5.02 Å². The Labute approximate surface area is 150 Å². The molecule has 0 aliphatic carbocycles. The second-order valence-electron chi connectivity index (χ2n) is 6.35. The highest BCUT2D eigenvalue weighted by Gasteiger charge is 2.24. The lowest BCUT2D eigenvalue weighted by Crippen LogP contribution is -2.29. The topological polar surface area (TPSA) is 25.2 Å². The van der Waals surface area contributed by atoms with Crippen molar-refractivity contribution in [2.45, 2.75) is 26.3 Å². The summed E-state index contributed by atoms with van der Waals surface area (Å²) in [4.78, 5) is 16.2. The summed E-state index contributed by atoms with van der Waals surface area (Å²) < 4.78 is 3.32. The Morgan fingerprint density at radius 3 is 2.75 bits per heavy atom. The number of nitrogens with zero attached hydrogens (tertiary/aromatic N) is 2. The lowest BCUT2D eigenvalue weighted by atomic mass is 10.2. The van der Waals surface area contributed by atoms with E-state index in [2.05, 4.69) is 29.7 Å². The van der Waals surface area contributed by atoms with Crippen molar-refractivity contribution >= 4 is 39.1 Å². The lowest BCUT2D eigenvalue weighted by molar-refractivity contribution is 0.0783. The number of carbonyl (C=O) groups is 1. The lowest BCUT2D eigenvalue weighted by Gasteiger charge is -2.17. The number of fused-ring (bicyclic) bond motifs is 1. The van der Waals surface area contributed by atoms with Gasteiger partial charge in [0.1, 0.15) is 5.69 Å². The number of hydrogen-bond donors (Lipinski definition) is 0. The minimum Gasteiger partial charge on any atom is -0.337 e. The second kappa shape index (κ2) is 6.26. The van der Waals surface area contributed by atoms with Crippen LogP contribution in [0.15, 0.2) is 36.4 Å². The molecule has 0 radical (unpaired) electrons. The fourth-order valence-corrected chi connectivity index (χ4v) is 4.59. The Morgan fingerprint density at radius 1 is 1.21 bits per heavy atom. The van der Waals surface area contributed by atoms with Crippen LogP contribution in [0, 0.1) is 6.92 Å². The van der Waals surface area contributed by atoms with Crippen LogP contribution in [0.1, 0.15) is 33.8 Å². The summed E-state index contributed by atoms with van der Waals surface area (Å²) in [6, 6.07) is 12.1. The summed E-state index contributed by atoms with van der Waals surface area (Å²) in [5, 5.41) is 0.727. The van der Waals surface area contributed by atoms with E-state index in [0.29, 0.717) is 6.54 Å². The van der Waals surface area contributed by atoms with Gasteiger partial charge in [-0.2, -0.15) is 0 Å². The van der Waals surface area contributed by atoms with Gasteiger partial charge < -0.3 is 9.47 Å². The van der Waals surface area contributed by atoms with E-state index in [1.807, 2.05) is 23.1 Å². The maximum Gasteiger partial charge on any atom is 0.270 e. The molecule has 0 bridgehead atoms. The molecule has 1 saturated heterocycles. The molecule has 1 aliphatic rings. The van der Waals surface area contributed by atoms with Crippen molar-refractivity contribution in [3.8, 4) is 0 Å². The summed E-state index contributed by atoms with van der Waals surface area (Å²) in [5.74, 6) is 0.149. The highest BCUT2D eigenvalue weighted by atomic mass is 35.5. The van der Waals surface area contributed by atoms with Crippen LogP contribution in [-0.2, 0) is 6.54 Å². The standard InChI is InChI=1S/C19H19ClN2OS/c1-13-9-16-18(24-13)11-17(19(23)21-7-2-3-8-21)22(16)12-14-5-4-6-15(20)10-14/h4-6,9-11H,2-3,7-8,12H2,1H3. The Kier molecular flexibility index (Phi) is 4.10. The van der Waals surface area contributed by atoms with E-state index in [-0.39, 0.29) is 5.91 Å². The van der Waals surface area contributed by atoms with Crippen molar-refractivity contribution in [3.05, 3.63) is 57.6 Å². The van der Waals surface area contributed by atoms with Crippen molar-refractivity contribution in [1.29, 1.82) is 0 Å². The van der Waals surface area contributed by atoms with Gasteiger partial charge in [-0.1, -0.05) is 23.7 Å². The van der Waals surface area contributed by atoms with E-state index < -0.39 is 0 Å². The number of rotatable bonds is 3. The van der Waals surface area contributed by atoms with Crippen molar-refractivity contribution in [1.82, 2.24) is 9.47 Å². The Hall–Kier alpha value is -1.78. The minimum absolute atomic E-state index is 0.149. The first-order chi connectivity index (χ1) is 11.6.